The lowest BCUT2D eigenvalue weighted by Gasteiger charge is -2.12. The van der Waals surface area contributed by atoms with Crippen LogP contribution in [0.25, 0.3) is 0 Å². The fourth-order valence-corrected chi connectivity index (χ4v) is 2.56. The number of rotatable bonds is 6. The number of pyridine rings is 1. The molecule has 140 valence electrons. The van der Waals surface area contributed by atoms with Crippen molar-refractivity contribution in [2.24, 2.45) is 0 Å². The first-order chi connectivity index (χ1) is 13.5. The highest BCUT2D eigenvalue weighted by Gasteiger charge is 2.11. The number of hydrogen-bond donors (Lipinski definition) is 2. The van der Waals surface area contributed by atoms with E-state index in [1.54, 1.807) is 42.6 Å². The van der Waals surface area contributed by atoms with E-state index < -0.39 is 0 Å². The fraction of sp³-hybridized carbons (Fsp3) is 0.136. The summed E-state index contributed by atoms with van der Waals surface area (Å²) in [5.74, 6) is 0.415. The van der Waals surface area contributed by atoms with Gasteiger partial charge in [0.25, 0.3) is 5.91 Å². The quantitative estimate of drug-likeness (QED) is 0.653. The van der Waals surface area contributed by atoms with Crippen LogP contribution in [0.1, 0.15) is 29.9 Å². The Labute approximate surface area is 163 Å². The lowest BCUT2D eigenvalue weighted by molar-refractivity contribution is 0.102. The molecule has 6 heteroatoms. The number of nitrogens with one attached hydrogen (secondary N) is 2. The van der Waals surface area contributed by atoms with Gasteiger partial charge in [-0.1, -0.05) is 12.1 Å². The number of para-hydroxylation sites is 1. The van der Waals surface area contributed by atoms with Gasteiger partial charge in [0.2, 0.25) is 0 Å². The van der Waals surface area contributed by atoms with Crippen LogP contribution in [0, 0.1) is 11.3 Å². The molecule has 0 saturated heterocycles. The zero-order valence-electron chi connectivity index (χ0n) is 15.6. The van der Waals surface area contributed by atoms with E-state index in [9.17, 15) is 4.79 Å². The molecule has 0 atom stereocenters. The van der Waals surface area contributed by atoms with Crippen molar-refractivity contribution in [3.8, 4) is 11.8 Å². The molecule has 1 aromatic heterocycles. The number of ether oxygens (including phenoxy) is 1. The molecular weight excluding hydrogens is 352 g/mol. The maximum absolute atomic E-state index is 12.5. The average Bonchev–Trinajstić information content (AvgIpc) is 2.70. The van der Waals surface area contributed by atoms with Gasteiger partial charge in [-0.3, -0.25) is 9.78 Å². The molecule has 0 radical (unpaired) electrons. The van der Waals surface area contributed by atoms with Gasteiger partial charge in [-0.05, 0) is 62.4 Å². The number of aromatic nitrogens is 1. The van der Waals surface area contributed by atoms with Crippen molar-refractivity contribution in [3.63, 3.8) is 0 Å². The maximum Gasteiger partial charge on any atom is 0.274 e. The zero-order chi connectivity index (χ0) is 19.9. The van der Waals surface area contributed by atoms with E-state index in [4.69, 9.17) is 10.00 Å². The van der Waals surface area contributed by atoms with E-state index >= 15 is 0 Å². The number of carbonyl (C=O) groups excluding carboxylic acids is 1. The number of nitrogens with zero attached hydrogens (tertiary/aromatic N) is 2. The van der Waals surface area contributed by atoms with Gasteiger partial charge >= 0.3 is 0 Å². The predicted molar refractivity (Wildman–Crippen MR) is 109 cm³/mol. The monoisotopic (exact) mass is 372 g/mol. The highest BCUT2D eigenvalue weighted by atomic mass is 16.5. The number of amides is 1. The third-order valence-electron chi connectivity index (χ3n) is 3.80. The van der Waals surface area contributed by atoms with E-state index in [0.717, 1.165) is 17.1 Å². The second-order valence-electron chi connectivity index (χ2n) is 6.36. The lowest BCUT2D eigenvalue weighted by atomic mass is 10.2. The zero-order valence-corrected chi connectivity index (χ0v) is 15.6. The molecule has 2 N–H and O–H groups in total. The second-order valence-corrected chi connectivity index (χ2v) is 6.36. The standard InChI is InChI=1S/C22H20N4O2/c1-15(2)28-19-9-7-17(8-10-19)25-18-11-12-24-21(13-18)22(27)26-20-6-4-3-5-16(20)14-23/h3-13,15H,1-2H3,(H,24,25)(H,26,27). The molecule has 28 heavy (non-hydrogen) atoms. The summed E-state index contributed by atoms with van der Waals surface area (Å²) >= 11 is 0. The number of hydrogen-bond acceptors (Lipinski definition) is 5. The molecule has 1 heterocycles. The Morgan fingerprint density at radius 1 is 1.07 bits per heavy atom. The molecule has 0 unspecified atom stereocenters. The molecule has 0 saturated carbocycles. The van der Waals surface area contributed by atoms with E-state index in [2.05, 4.69) is 21.7 Å². The molecule has 0 bridgehead atoms. The smallest absolute Gasteiger partial charge is 0.274 e. The molecule has 0 fully saturated rings. The maximum atomic E-state index is 12.5. The van der Waals surface area contributed by atoms with Gasteiger partial charge in [0.1, 0.15) is 17.5 Å². The van der Waals surface area contributed by atoms with E-state index in [0.29, 0.717) is 11.3 Å². The van der Waals surface area contributed by atoms with Crippen molar-refractivity contribution >= 4 is 23.0 Å². The molecule has 0 aliphatic heterocycles. The van der Waals surface area contributed by atoms with Crippen LogP contribution in [0.4, 0.5) is 17.1 Å². The highest BCUT2D eigenvalue weighted by molar-refractivity contribution is 6.04. The van der Waals surface area contributed by atoms with E-state index in [1.165, 1.54) is 0 Å². The Balaban J connectivity index is 1.71. The Kier molecular flexibility index (Phi) is 5.87. The summed E-state index contributed by atoms with van der Waals surface area (Å²) in [6, 6.07) is 19.9. The van der Waals surface area contributed by atoms with Crippen LogP contribution in [0.3, 0.4) is 0 Å². The van der Waals surface area contributed by atoms with Crippen LogP contribution in [-0.2, 0) is 0 Å². The second kappa shape index (κ2) is 8.69. The molecule has 0 aliphatic rings. The van der Waals surface area contributed by atoms with Gasteiger partial charge in [0.15, 0.2) is 0 Å². The third-order valence-corrected chi connectivity index (χ3v) is 3.80. The summed E-state index contributed by atoms with van der Waals surface area (Å²) in [6.45, 7) is 3.95. The van der Waals surface area contributed by atoms with Crippen LogP contribution in [0.2, 0.25) is 0 Å². The molecule has 1 amide bonds. The van der Waals surface area contributed by atoms with Crippen molar-refractivity contribution in [1.82, 2.24) is 4.98 Å². The normalized spacial score (nSPS) is 10.2. The predicted octanol–water partition coefficient (Wildman–Crippen LogP) is 4.74. The Morgan fingerprint density at radius 3 is 2.54 bits per heavy atom. The van der Waals surface area contributed by atoms with Crippen LogP contribution in [-0.4, -0.2) is 17.0 Å². The van der Waals surface area contributed by atoms with E-state index in [-0.39, 0.29) is 17.7 Å². The van der Waals surface area contributed by atoms with Crippen LogP contribution in [0.5, 0.6) is 5.75 Å². The SMILES string of the molecule is CC(C)Oc1ccc(Nc2ccnc(C(=O)Nc3ccccc3C#N)c2)cc1. The summed E-state index contributed by atoms with van der Waals surface area (Å²) in [7, 11) is 0. The van der Waals surface area contributed by atoms with Crippen molar-refractivity contribution in [2.75, 3.05) is 10.6 Å². The Hall–Kier alpha value is -3.85. The van der Waals surface area contributed by atoms with Crippen molar-refractivity contribution in [2.45, 2.75) is 20.0 Å². The minimum Gasteiger partial charge on any atom is -0.491 e. The largest absolute Gasteiger partial charge is 0.491 e. The van der Waals surface area contributed by atoms with Crippen molar-refractivity contribution in [3.05, 3.63) is 78.1 Å². The third kappa shape index (κ3) is 4.86. The van der Waals surface area contributed by atoms with Gasteiger partial charge < -0.3 is 15.4 Å². The number of anilines is 3. The van der Waals surface area contributed by atoms with Gasteiger partial charge in [0.05, 0.1) is 17.4 Å². The first-order valence-electron chi connectivity index (χ1n) is 8.85. The first-order valence-corrected chi connectivity index (χ1v) is 8.85. The minimum atomic E-state index is -0.382. The van der Waals surface area contributed by atoms with Gasteiger partial charge in [0, 0.05) is 17.6 Å². The highest BCUT2D eigenvalue weighted by Crippen LogP contribution is 2.21. The summed E-state index contributed by atoms with van der Waals surface area (Å²) < 4.78 is 5.63. The lowest BCUT2D eigenvalue weighted by Crippen LogP contribution is -2.14. The molecule has 6 nitrogen and oxygen atoms in total. The van der Waals surface area contributed by atoms with Gasteiger partial charge in [-0.25, -0.2) is 0 Å². The molecule has 3 aromatic rings. The average molecular weight is 372 g/mol. The summed E-state index contributed by atoms with van der Waals surface area (Å²) in [6.07, 6.45) is 1.68. The first kappa shape index (κ1) is 18.9. The Bertz CT molecular complexity index is 1010. The van der Waals surface area contributed by atoms with E-state index in [1.807, 2.05) is 38.1 Å². The minimum absolute atomic E-state index is 0.117. The van der Waals surface area contributed by atoms with Crippen LogP contribution < -0.4 is 15.4 Å². The fourth-order valence-electron chi connectivity index (χ4n) is 2.56. The summed E-state index contributed by atoms with van der Waals surface area (Å²) in [4.78, 5) is 16.6. The van der Waals surface area contributed by atoms with Crippen molar-refractivity contribution < 1.29 is 9.53 Å². The Morgan fingerprint density at radius 2 is 1.82 bits per heavy atom. The molecule has 0 aliphatic carbocycles. The summed E-state index contributed by atoms with van der Waals surface area (Å²) in [5.41, 5.74) is 2.69. The number of nitriles is 1. The molecule has 2 aromatic carbocycles. The molecule has 0 spiro atoms. The molecular formula is C22H20N4O2. The van der Waals surface area contributed by atoms with Crippen LogP contribution in [0.15, 0.2) is 66.9 Å². The summed E-state index contributed by atoms with van der Waals surface area (Å²) in [5, 5.41) is 15.1. The van der Waals surface area contributed by atoms with Crippen molar-refractivity contribution in [1.29, 1.82) is 5.26 Å². The topological polar surface area (TPSA) is 87.0 Å². The number of benzene rings is 2. The van der Waals surface area contributed by atoms with Gasteiger partial charge in [-0.15, -0.1) is 0 Å². The number of carbonyl (C=O) groups is 1. The van der Waals surface area contributed by atoms with Gasteiger partial charge in [-0.2, -0.15) is 5.26 Å². The molecule has 3 rings (SSSR count). The van der Waals surface area contributed by atoms with Crippen LogP contribution >= 0.6 is 0 Å².